The lowest BCUT2D eigenvalue weighted by Gasteiger charge is -2.25. The second kappa shape index (κ2) is 7.20. The number of rotatable bonds is 8. The summed E-state index contributed by atoms with van der Waals surface area (Å²) in [5.41, 5.74) is 5.65. The Balaban J connectivity index is 2.68. The Hall–Kier alpha value is -1.18. The Morgan fingerprint density at radius 3 is 2.48 bits per heavy atom. The number of hydrogen-bond acceptors (Lipinski definition) is 5. The van der Waals surface area contributed by atoms with Crippen LogP contribution in [-0.2, 0) is 10.0 Å². The predicted molar refractivity (Wildman–Crippen MR) is 85.7 cm³/mol. The number of anilines is 1. The van der Waals surface area contributed by atoms with Crippen molar-refractivity contribution in [3.63, 3.8) is 0 Å². The van der Waals surface area contributed by atoms with Crippen LogP contribution in [-0.4, -0.2) is 44.9 Å². The first-order chi connectivity index (χ1) is 9.69. The van der Waals surface area contributed by atoms with E-state index in [9.17, 15) is 8.42 Å². The second-order valence-electron chi connectivity index (χ2n) is 6.08. The van der Waals surface area contributed by atoms with Crippen LogP contribution in [0.25, 0.3) is 0 Å². The van der Waals surface area contributed by atoms with Gasteiger partial charge in [0.2, 0.25) is 10.0 Å². The molecule has 120 valence electrons. The Labute approximate surface area is 127 Å². The maximum absolute atomic E-state index is 11.9. The summed E-state index contributed by atoms with van der Waals surface area (Å²) >= 11 is 0. The second-order valence-corrected chi connectivity index (χ2v) is 8.23. The van der Waals surface area contributed by atoms with Crippen LogP contribution in [0.4, 0.5) is 5.82 Å². The average molecular weight is 314 g/mol. The summed E-state index contributed by atoms with van der Waals surface area (Å²) in [5, 5.41) is 3.24. The van der Waals surface area contributed by atoms with Crippen molar-refractivity contribution in [1.82, 2.24) is 9.29 Å². The van der Waals surface area contributed by atoms with Gasteiger partial charge in [0.05, 0.1) is 0 Å². The van der Waals surface area contributed by atoms with Gasteiger partial charge >= 0.3 is 0 Å². The first kappa shape index (κ1) is 17.9. The quantitative estimate of drug-likeness (QED) is 0.759. The Morgan fingerprint density at radius 1 is 1.33 bits per heavy atom. The van der Waals surface area contributed by atoms with Crippen molar-refractivity contribution in [3.8, 4) is 0 Å². The molecular weight excluding hydrogens is 288 g/mol. The van der Waals surface area contributed by atoms with Crippen molar-refractivity contribution in [2.75, 3.05) is 32.5 Å². The molecule has 0 aliphatic rings. The van der Waals surface area contributed by atoms with Gasteiger partial charge in [-0.1, -0.05) is 13.8 Å². The lowest BCUT2D eigenvalue weighted by Crippen LogP contribution is -2.25. The summed E-state index contributed by atoms with van der Waals surface area (Å²) in [7, 11) is -0.417. The largest absolute Gasteiger partial charge is 0.370 e. The van der Waals surface area contributed by atoms with Crippen molar-refractivity contribution < 1.29 is 8.42 Å². The lowest BCUT2D eigenvalue weighted by atomic mass is 9.88. The molecule has 3 N–H and O–H groups in total. The van der Waals surface area contributed by atoms with E-state index in [1.807, 2.05) is 0 Å². The number of sulfonamides is 1. The number of hydrogen-bond donors (Lipinski definition) is 2. The minimum atomic E-state index is -3.42. The van der Waals surface area contributed by atoms with Crippen LogP contribution in [0.2, 0.25) is 0 Å². The minimum absolute atomic E-state index is 0.120. The van der Waals surface area contributed by atoms with Crippen LogP contribution in [0.15, 0.2) is 23.2 Å². The molecule has 1 heterocycles. The van der Waals surface area contributed by atoms with Crippen LogP contribution in [0.1, 0.15) is 26.7 Å². The number of nitrogens with one attached hydrogen (secondary N) is 1. The molecule has 1 aromatic heterocycles. The fourth-order valence-corrected chi connectivity index (χ4v) is 2.69. The van der Waals surface area contributed by atoms with Gasteiger partial charge in [0.1, 0.15) is 10.7 Å². The summed E-state index contributed by atoms with van der Waals surface area (Å²) in [6.45, 7) is 5.79. The third-order valence-corrected chi connectivity index (χ3v) is 5.12. The van der Waals surface area contributed by atoms with Gasteiger partial charge in [-0.3, -0.25) is 0 Å². The Kier molecular flexibility index (Phi) is 6.12. The van der Waals surface area contributed by atoms with Crippen molar-refractivity contribution in [2.24, 2.45) is 11.1 Å². The Bertz CT molecular complexity index is 539. The number of pyridine rings is 1. The van der Waals surface area contributed by atoms with Crippen LogP contribution in [0, 0.1) is 5.41 Å². The highest BCUT2D eigenvalue weighted by atomic mass is 32.2. The number of nitrogens with two attached hydrogens (primary N) is 1. The van der Waals surface area contributed by atoms with Gasteiger partial charge in [-0.15, -0.1) is 0 Å². The zero-order chi connectivity index (χ0) is 16.1. The standard InChI is InChI=1S/C14H26N4O2S/c1-14(2,8-5-9-15)11-17-13-7-6-12(10-16-13)21(19,20)18(3)4/h6-7,10H,5,8-9,11,15H2,1-4H3,(H,16,17). The van der Waals surface area contributed by atoms with Gasteiger partial charge in [0, 0.05) is 26.8 Å². The third-order valence-electron chi connectivity index (χ3n) is 3.32. The average Bonchev–Trinajstić information content (AvgIpc) is 2.43. The highest BCUT2D eigenvalue weighted by molar-refractivity contribution is 7.89. The third kappa shape index (κ3) is 5.26. The van der Waals surface area contributed by atoms with Crippen LogP contribution >= 0.6 is 0 Å². The molecule has 7 heteroatoms. The Morgan fingerprint density at radius 2 is 2.00 bits per heavy atom. The first-order valence-electron chi connectivity index (χ1n) is 7.01. The number of aromatic nitrogens is 1. The molecule has 0 spiro atoms. The van der Waals surface area contributed by atoms with Crippen molar-refractivity contribution in [1.29, 1.82) is 0 Å². The predicted octanol–water partition coefficient (Wildman–Crippen LogP) is 1.51. The zero-order valence-electron chi connectivity index (χ0n) is 13.3. The molecule has 0 unspecified atom stereocenters. The molecule has 0 aliphatic carbocycles. The molecule has 0 amide bonds. The molecule has 1 aromatic rings. The van der Waals surface area contributed by atoms with E-state index in [-0.39, 0.29) is 10.3 Å². The van der Waals surface area contributed by atoms with Gasteiger partial charge in [-0.05, 0) is 36.9 Å². The topological polar surface area (TPSA) is 88.3 Å². The summed E-state index contributed by atoms with van der Waals surface area (Å²) < 4.78 is 25.0. The van der Waals surface area contributed by atoms with Crippen molar-refractivity contribution in [3.05, 3.63) is 18.3 Å². The fraction of sp³-hybridized carbons (Fsp3) is 0.643. The van der Waals surface area contributed by atoms with E-state index < -0.39 is 10.0 Å². The summed E-state index contributed by atoms with van der Waals surface area (Å²) in [5.74, 6) is 0.675. The highest BCUT2D eigenvalue weighted by Crippen LogP contribution is 2.22. The summed E-state index contributed by atoms with van der Waals surface area (Å²) in [6.07, 6.45) is 3.40. The van der Waals surface area contributed by atoms with Crippen LogP contribution in [0.3, 0.4) is 0 Å². The van der Waals surface area contributed by atoms with E-state index in [1.165, 1.54) is 24.6 Å². The smallest absolute Gasteiger partial charge is 0.244 e. The van der Waals surface area contributed by atoms with E-state index >= 15 is 0 Å². The molecule has 0 saturated heterocycles. The molecule has 0 aromatic carbocycles. The van der Waals surface area contributed by atoms with Gasteiger partial charge in [-0.2, -0.15) is 0 Å². The molecular formula is C14H26N4O2S. The van der Waals surface area contributed by atoms with E-state index in [1.54, 1.807) is 12.1 Å². The van der Waals surface area contributed by atoms with Gasteiger partial charge in [0.15, 0.2) is 0 Å². The lowest BCUT2D eigenvalue weighted by molar-refractivity contribution is 0.350. The first-order valence-corrected chi connectivity index (χ1v) is 8.45. The number of nitrogens with zero attached hydrogens (tertiary/aromatic N) is 2. The molecule has 0 atom stereocenters. The van der Waals surface area contributed by atoms with E-state index in [0.717, 1.165) is 19.4 Å². The van der Waals surface area contributed by atoms with Gasteiger partial charge in [0.25, 0.3) is 0 Å². The van der Waals surface area contributed by atoms with Gasteiger partial charge < -0.3 is 11.1 Å². The fourth-order valence-electron chi connectivity index (χ4n) is 1.85. The normalized spacial score (nSPS) is 12.7. The molecule has 0 radical (unpaired) electrons. The molecule has 0 fully saturated rings. The monoisotopic (exact) mass is 314 g/mol. The molecule has 1 rings (SSSR count). The van der Waals surface area contributed by atoms with Gasteiger partial charge in [-0.25, -0.2) is 17.7 Å². The molecule has 0 aliphatic heterocycles. The maximum atomic E-state index is 11.9. The van der Waals surface area contributed by atoms with Crippen molar-refractivity contribution in [2.45, 2.75) is 31.6 Å². The van der Waals surface area contributed by atoms with E-state index in [4.69, 9.17) is 5.73 Å². The molecule has 21 heavy (non-hydrogen) atoms. The van der Waals surface area contributed by atoms with Crippen LogP contribution in [0.5, 0.6) is 0 Å². The maximum Gasteiger partial charge on any atom is 0.244 e. The minimum Gasteiger partial charge on any atom is -0.370 e. The summed E-state index contributed by atoms with van der Waals surface area (Å²) in [6, 6.07) is 3.26. The van der Waals surface area contributed by atoms with Crippen molar-refractivity contribution >= 4 is 15.8 Å². The summed E-state index contributed by atoms with van der Waals surface area (Å²) in [4.78, 5) is 4.36. The van der Waals surface area contributed by atoms with E-state index in [0.29, 0.717) is 12.4 Å². The zero-order valence-corrected chi connectivity index (χ0v) is 14.1. The van der Waals surface area contributed by atoms with E-state index in [2.05, 4.69) is 24.1 Å². The SMILES string of the molecule is CN(C)S(=O)(=O)c1ccc(NCC(C)(C)CCCN)nc1. The molecule has 6 nitrogen and oxygen atoms in total. The van der Waals surface area contributed by atoms with Crippen LogP contribution < -0.4 is 11.1 Å². The molecule has 0 saturated carbocycles. The highest BCUT2D eigenvalue weighted by Gasteiger charge is 2.19. The molecule has 0 bridgehead atoms.